The van der Waals surface area contributed by atoms with Crippen LogP contribution in [0.1, 0.15) is 42.9 Å². The van der Waals surface area contributed by atoms with Crippen LogP contribution in [0.5, 0.6) is 0 Å². The molecule has 118 valence electrons. The molecular formula is C16H21N3O3. The smallest absolute Gasteiger partial charge is 0.251 e. The maximum Gasteiger partial charge on any atom is 0.251 e. The normalized spacial score (nSPS) is 13.6. The van der Waals surface area contributed by atoms with E-state index in [1.165, 1.54) is 0 Å². The predicted octanol–water partition coefficient (Wildman–Crippen LogP) is 2.33. The molecule has 0 saturated heterocycles. The van der Waals surface area contributed by atoms with Crippen LogP contribution < -0.4 is 5.32 Å². The van der Waals surface area contributed by atoms with Crippen molar-refractivity contribution in [2.45, 2.75) is 39.2 Å². The summed E-state index contributed by atoms with van der Waals surface area (Å²) in [7, 11) is 0. The van der Waals surface area contributed by atoms with E-state index >= 15 is 0 Å². The lowest BCUT2D eigenvalue weighted by Gasteiger charge is -2.29. The Labute approximate surface area is 129 Å². The molecule has 1 heterocycles. The first-order valence-electron chi connectivity index (χ1n) is 7.31. The van der Waals surface area contributed by atoms with E-state index in [0.717, 1.165) is 12.0 Å². The molecule has 2 rings (SSSR count). The Kier molecular flexibility index (Phi) is 4.92. The molecule has 1 aromatic carbocycles. The molecule has 0 bridgehead atoms. The van der Waals surface area contributed by atoms with E-state index in [0.29, 0.717) is 23.8 Å². The van der Waals surface area contributed by atoms with E-state index in [9.17, 15) is 4.79 Å². The Morgan fingerprint density at radius 1 is 1.32 bits per heavy atom. The van der Waals surface area contributed by atoms with Crippen LogP contribution in [0.4, 0.5) is 0 Å². The highest BCUT2D eigenvalue weighted by Gasteiger charge is 2.24. The Bertz CT molecular complexity index is 636. The molecule has 2 N–H and O–H groups in total. The SMILES string of the molecule is CCC(C)(CCO)NC(=O)c1ccc(-c2nnc(C)o2)cc1. The lowest BCUT2D eigenvalue weighted by molar-refractivity contribution is 0.0886. The van der Waals surface area contributed by atoms with Gasteiger partial charge in [0.1, 0.15) is 0 Å². The third kappa shape index (κ3) is 3.71. The van der Waals surface area contributed by atoms with Gasteiger partial charge in [0.25, 0.3) is 5.91 Å². The van der Waals surface area contributed by atoms with Gasteiger partial charge in [-0.3, -0.25) is 4.79 Å². The summed E-state index contributed by atoms with van der Waals surface area (Å²) in [5.74, 6) is 0.772. The van der Waals surface area contributed by atoms with Crippen molar-refractivity contribution in [2.24, 2.45) is 0 Å². The van der Waals surface area contributed by atoms with Crippen molar-refractivity contribution < 1.29 is 14.3 Å². The van der Waals surface area contributed by atoms with E-state index in [-0.39, 0.29) is 12.5 Å². The van der Waals surface area contributed by atoms with E-state index in [4.69, 9.17) is 9.52 Å². The van der Waals surface area contributed by atoms with Gasteiger partial charge < -0.3 is 14.8 Å². The molecule has 6 heteroatoms. The number of hydrogen-bond donors (Lipinski definition) is 2. The Hall–Kier alpha value is -2.21. The fourth-order valence-electron chi connectivity index (χ4n) is 2.10. The standard InChI is InChI=1S/C16H21N3O3/c1-4-16(3,9-10-20)17-14(21)12-5-7-13(8-6-12)15-19-18-11(2)22-15/h5-8,20H,4,9-10H2,1-3H3,(H,17,21). The zero-order valence-electron chi connectivity index (χ0n) is 13.1. The lowest BCUT2D eigenvalue weighted by atomic mass is 9.94. The van der Waals surface area contributed by atoms with Crippen LogP contribution in [-0.2, 0) is 0 Å². The first-order valence-corrected chi connectivity index (χ1v) is 7.31. The van der Waals surface area contributed by atoms with Crippen LogP contribution in [0.15, 0.2) is 28.7 Å². The van der Waals surface area contributed by atoms with Gasteiger partial charge >= 0.3 is 0 Å². The number of aryl methyl sites for hydroxylation is 1. The van der Waals surface area contributed by atoms with Gasteiger partial charge in [-0.1, -0.05) is 6.92 Å². The average Bonchev–Trinajstić information content (AvgIpc) is 2.94. The van der Waals surface area contributed by atoms with Gasteiger partial charge in [-0.2, -0.15) is 0 Å². The topological polar surface area (TPSA) is 88.2 Å². The molecule has 0 fully saturated rings. The summed E-state index contributed by atoms with van der Waals surface area (Å²) in [4.78, 5) is 12.3. The van der Waals surface area contributed by atoms with Crippen LogP contribution in [-0.4, -0.2) is 33.4 Å². The van der Waals surface area contributed by atoms with E-state index in [1.807, 2.05) is 13.8 Å². The molecule has 2 aromatic rings. The molecule has 0 aliphatic heterocycles. The van der Waals surface area contributed by atoms with E-state index < -0.39 is 5.54 Å². The van der Waals surface area contributed by atoms with E-state index in [2.05, 4.69) is 15.5 Å². The summed E-state index contributed by atoms with van der Waals surface area (Å²) in [5.41, 5.74) is 0.914. The third-order valence-electron chi connectivity index (χ3n) is 3.78. The minimum atomic E-state index is -0.409. The van der Waals surface area contributed by atoms with Crippen molar-refractivity contribution in [1.29, 1.82) is 0 Å². The van der Waals surface area contributed by atoms with Crippen LogP contribution >= 0.6 is 0 Å². The average molecular weight is 303 g/mol. The van der Waals surface area contributed by atoms with Crippen LogP contribution in [0.2, 0.25) is 0 Å². The van der Waals surface area contributed by atoms with Gasteiger partial charge in [-0.15, -0.1) is 10.2 Å². The van der Waals surface area contributed by atoms with E-state index in [1.54, 1.807) is 31.2 Å². The molecule has 22 heavy (non-hydrogen) atoms. The summed E-state index contributed by atoms with van der Waals surface area (Å²) >= 11 is 0. The van der Waals surface area contributed by atoms with Crippen molar-refractivity contribution in [3.8, 4) is 11.5 Å². The first kappa shape index (κ1) is 16.2. The number of hydrogen-bond acceptors (Lipinski definition) is 5. The highest BCUT2D eigenvalue weighted by Crippen LogP contribution is 2.19. The number of rotatable bonds is 6. The van der Waals surface area contributed by atoms with Gasteiger partial charge in [0.2, 0.25) is 11.8 Å². The van der Waals surface area contributed by atoms with Gasteiger partial charge in [0.15, 0.2) is 0 Å². The maximum absolute atomic E-state index is 12.3. The van der Waals surface area contributed by atoms with Gasteiger partial charge in [-0.05, 0) is 44.0 Å². The van der Waals surface area contributed by atoms with Crippen molar-refractivity contribution in [3.63, 3.8) is 0 Å². The number of carbonyl (C=O) groups is 1. The van der Waals surface area contributed by atoms with Crippen LogP contribution in [0, 0.1) is 6.92 Å². The number of nitrogens with one attached hydrogen (secondary N) is 1. The number of amides is 1. The number of nitrogens with zero attached hydrogens (tertiary/aromatic N) is 2. The molecule has 0 aliphatic carbocycles. The Morgan fingerprint density at radius 2 is 2.00 bits per heavy atom. The first-order chi connectivity index (χ1) is 10.5. The molecular weight excluding hydrogens is 282 g/mol. The number of aliphatic hydroxyl groups is 1. The van der Waals surface area contributed by atoms with Gasteiger partial charge in [-0.25, -0.2) is 0 Å². The van der Waals surface area contributed by atoms with Crippen molar-refractivity contribution >= 4 is 5.91 Å². The zero-order valence-corrected chi connectivity index (χ0v) is 13.1. The van der Waals surface area contributed by atoms with Crippen molar-refractivity contribution in [3.05, 3.63) is 35.7 Å². The minimum Gasteiger partial charge on any atom is -0.421 e. The lowest BCUT2D eigenvalue weighted by Crippen LogP contribution is -2.46. The summed E-state index contributed by atoms with van der Waals surface area (Å²) in [6, 6.07) is 6.99. The summed E-state index contributed by atoms with van der Waals surface area (Å²) in [6.07, 6.45) is 1.27. The van der Waals surface area contributed by atoms with Gasteiger partial charge in [0.05, 0.1) is 0 Å². The number of aliphatic hydroxyl groups excluding tert-OH is 1. The second kappa shape index (κ2) is 6.70. The number of aromatic nitrogens is 2. The van der Waals surface area contributed by atoms with Gasteiger partial charge in [0, 0.05) is 30.2 Å². The van der Waals surface area contributed by atoms with Crippen molar-refractivity contribution in [2.75, 3.05) is 6.61 Å². The number of benzene rings is 1. The molecule has 1 atom stereocenters. The van der Waals surface area contributed by atoms with Crippen LogP contribution in [0.3, 0.4) is 0 Å². The quantitative estimate of drug-likeness (QED) is 0.855. The fraction of sp³-hybridized carbons (Fsp3) is 0.438. The third-order valence-corrected chi connectivity index (χ3v) is 3.78. The highest BCUT2D eigenvalue weighted by atomic mass is 16.4. The fourth-order valence-corrected chi connectivity index (χ4v) is 2.10. The summed E-state index contributed by atoms with van der Waals surface area (Å²) in [5, 5.41) is 19.8. The molecule has 0 radical (unpaired) electrons. The molecule has 1 unspecified atom stereocenters. The molecule has 0 saturated carbocycles. The Morgan fingerprint density at radius 3 is 2.50 bits per heavy atom. The summed E-state index contributed by atoms with van der Waals surface area (Å²) < 4.78 is 5.35. The summed E-state index contributed by atoms with van der Waals surface area (Å²) in [6.45, 7) is 5.68. The maximum atomic E-state index is 12.3. The highest BCUT2D eigenvalue weighted by molar-refractivity contribution is 5.95. The largest absolute Gasteiger partial charge is 0.421 e. The van der Waals surface area contributed by atoms with Crippen molar-refractivity contribution in [1.82, 2.24) is 15.5 Å². The van der Waals surface area contributed by atoms with Crippen LogP contribution in [0.25, 0.3) is 11.5 Å². The predicted molar refractivity (Wildman–Crippen MR) is 82.3 cm³/mol. The monoisotopic (exact) mass is 303 g/mol. The molecule has 0 spiro atoms. The zero-order chi connectivity index (χ0) is 16.2. The molecule has 0 aliphatic rings. The second-order valence-electron chi connectivity index (χ2n) is 5.55. The number of carbonyl (C=O) groups excluding carboxylic acids is 1. The molecule has 1 amide bonds. The molecule has 1 aromatic heterocycles. The Balaban J connectivity index is 2.11. The minimum absolute atomic E-state index is 0.0417. The molecule has 6 nitrogen and oxygen atoms in total. The second-order valence-corrected chi connectivity index (χ2v) is 5.55.